The van der Waals surface area contributed by atoms with Gasteiger partial charge in [-0.3, -0.25) is 9.78 Å². The number of carbonyl (C=O) groups is 1. The number of nitrogens with zero attached hydrogens (tertiary/aromatic N) is 3. The summed E-state index contributed by atoms with van der Waals surface area (Å²) in [6.07, 6.45) is 6.72. The lowest BCUT2D eigenvalue weighted by atomic mass is 10.0. The average Bonchev–Trinajstić information content (AvgIpc) is 2.68. The summed E-state index contributed by atoms with van der Waals surface area (Å²) in [5, 5.41) is 3.60. The largest absolute Gasteiger partial charge is 0.354 e. The molecule has 1 saturated heterocycles. The van der Waals surface area contributed by atoms with Gasteiger partial charge < -0.3 is 10.2 Å². The Labute approximate surface area is 170 Å². The molecule has 28 heavy (non-hydrogen) atoms. The topological polar surface area (TPSA) is 58.1 Å². The van der Waals surface area contributed by atoms with Gasteiger partial charge in [-0.15, -0.1) is 0 Å². The van der Waals surface area contributed by atoms with Gasteiger partial charge in [-0.25, -0.2) is 4.98 Å². The molecule has 2 aromatic rings. The minimum absolute atomic E-state index is 0. The monoisotopic (exact) mass is 382 g/mol. The molecule has 3 heterocycles. The molecule has 1 aliphatic rings. The highest BCUT2D eigenvalue weighted by molar-refractivity contribution is 6.10. The van der Waals surface area contributed by atoms with E-state index in [9.17, 15) is 4.79 Å². The maximum Gasteiger partial charge on any atom is 0.213 e. The maximum atomic E-state index is 13.2. The quantitative estimate of drug-likeness (QED) is 0.752. The zero-order valence-electron chi connectivity index (χ0n) is 17.3. The number of hydrogen-bond acceptors (Lipinski definition) is 5. The molecule has 0 bridgehead atoms. The van der Waals surface area contributed by atoms with E-state index in [-0.39, 0.29) is 8.64 Å². The molecule has 1 atom stereocenters. The first kappa shape index (κ1) is 20.2. The van der Waals surface area contributed by atoms with E-state index in [1.54, 1.807) is 12.3 Å². The van der Waals surface area contributed by atoms with Crippen molar-refractivity contribution in [2.45, 2.75) is 40.2 Å². The van der Waals surface area contributed by atoms with Crippen LogP contribution in [0.5, 0.6) is 0 Å². The molecule has 2 aromatic heterocycles. The Morgan fingerprint density at radius 2 is 2.21 bits per heavy atom. The van der Waals surface area contributed by atoms with Crippen LogP contribution in [0.1, 0.15) is 57.4 Å². The Hall–Kier alpha value is -2.53. The SMILES string of the molecule is C/C=C\c1ccc(N2CCN[C@@H](CC(C)C)C2)nc1C(=O)c1cccnc1C.[HH].[HH]. The van der Waals surface area contributed by atoms with Gasteiger partial charge in [0.1, 0.15) is 11.5 Å². The molecule has 5 nitrogen and oxygen atoms in total. The first-order valence-corrected chi connectivity index (χ1v) is 10.1. The normalized spacial score (nSPS) is 17.5. The molecule has 0 amide bonds. The van der Waals surface area contributed by atoms with Crippen molar-refractivity contribution < 1.29 is 7.65 Å². The van der Waals surface area contributed by atoms with E-state index in [0.717, 1.165) is 43.1 Å². The number of rotatable bonds is 6. The third-order valence-electron chi connectivity index (χ3n) is 5.06. The molecule has 0 saturated carbocycles. The van der Waals surface area contributed by atoms with Crippen molar-refractivity contribution in [3.63, 3.8) is 0 Å². The van der Waals surface area contributed by atoms with Crippen LogP contribution in [0, 0.1) is 12.8 Å². The van der Waals surface area contributed by atoms with Crippen LogP contribution >= 0.6 is 0 Å². The number of aryl methyl sites for hydroxylation is 1. The fraction of sp³-hybridized carbons (Fsp3) is 0.435. The Bertz CT molecular complexity index is 870. The Kier molecular flexibility index (Phi) is 6.57. The molecule has 0 spiro atoms. The summed E-state index contributed by atoms with van der Waals surface area (Å²) in [6.45, 7) is 11.0. The molecular formula is C23H34N4O. The molecule has 152 valence electrons. The standard InChI is InChI=1S/C23H30N4O.2H2/c1-5-7-18-9-10-21(27-13-12-25-19(15-27)14-16(2)3)26-22(18)23(28)20-8-6-11-24-17(20)4;;/h5-11,16,19,25H,12-15H2,1-4H3;2*1H/b7-5-;;/t19-;;/m0../s1. The highest BCUT2D eigenvalue weighted by Gasteiger charge is 2.23. The minimum atomic E-state index is -0.0746. The predicted molar refractivity (Wildman–Crippen MR) is 119 cm³/mol. The second kappa shape index (κ2) is 9.11. The van der Waals surface area contributed by atoms with E-state index in [4.69, 9.17) is 4.98 Å². The van der Waals surface area contributed by atoms with Crippen LogP contribution in [0.4, 0.5) is 5.82 Å². The van der Waals surface area contributed by atoms with Crippen LogP contribution in [0.15, 0.2) is 36.5 Å². The van der Waals surface area contributed by atoms with E-state index in [1.165, 1.54) is 0 Å². The van der Waals surface area contributed by atoms with Gasteiger partial charge in [0.05, 0.1) is 0 Å². The third kappa shape index (κ3) is 4.65. The fourth-order valence-corrected chi connectivity index (χ4v) is 3.74. The maximum absolute atomic E-state index is 13.2. The molecule has 0 aliphatic carbocycles. The van der Waals surface area contributed by atoms with Crippen molar-refractivity contribution in [2.75, 3.05) is 24.5 Å². The summed E-state index contributed by atoms with van der Waals surface area (Å²) in [5.74, 6) is 1.44. The molecule has 0 radical (unpaired) electrons. The molecule has 0 unspecified atom stereocenters. The summed E-state index contributed by atoms with van der Waals surface area (Å²) in [5.41, 5.74) is 2.67. The van der Waals surface area contributed by atoms with Gasteiger partial charge in [0, 0.05) is 51.5 Å². The molecule has 1 aliphatic heterocycles. The number of nitrogens with one attached hydrogen (secondary N) is 1. The minimum Gasteiger partial charge on any atom is -0.354 e. The van der Waals surface area contributed by atoms with Crippen molar-refractivity contribution in [2.24, 2.45) is 5.92 Å². The summed E-state index contributed by atoms with van der Waals surface area (Å²) in [6, 6.07) is 8.10. The predicted octanol–water partition coefficient (Wildman–Crippen LogP) is 4.37. The van der Waals surface area contributed by atoms with Crippen LogP contribution in [-0.2, 0) is 0 Å². The number of pyridine rings is 2. The zero-order chi connectivity index (χ0) is 20.1. The van der Waals surface area contributed by atoms with E-state index >= 15 is 0 Å². The lowest BCUT2D eigenvalue weighted by Crippen LogP contribution is -2.51. The van der Waals surface area contributed by atoms with Crippen LogP contribution in [-0.4, -0.2) is 41.4 Å². The number of ketones is 1. The van der Waals surface area contributed by atoms with Gasteiger partial charge >= 0.3 is 0 Å². The molecule has 5 heteroatoms. The second-order valence-corrected chi connectivity index (χ2v) is 7.80. The summed E-state index contributed by atoms with van der Waals surface area (Å²) >= 11 is 0. The highest BCUT2D eigenvalue weighted by atomic mass is 16.1. The lowest BCUT2D eigenvalue weighted by molar-refractivity contribution is 0.103. The summed E-state index contributed by atoms with van der Waals surface area (Å²) in [7, 11) is 0. The van der Waals surface area contributed by atoms with Crippen molar-refractivity contribution in [1.82, 2.24) is 15.3 Å². The van der Waals surface area contributed by atoms with E-state index in [1.807, 2.05) is 44.2 Å². The molecular weight excluding hydrogens is 348 g/mol. The number of allylic oxidation sites excluding steroid dienone is 1. The van der Waals surface area contributed by atoms with Gasteiger partial charge in [0.25, 0.3) is 0 Å². The van der Waals surface area contributed by atoms with Crippen molar-refractivity contribution >= 4 is 17.7 Å². The van der Waals surface area contributed by atoms with Gasteiger partial charge in [-0.2, -0.15) is 0 Å². The fourth-order valence-electron chi connectivity index (χ4n) is 3.74. The summed E-state index contributed by atoms with van der Waals surface area (Å²) in [4.78, 5) is 24.6. The first-order valence-electron chi connectivity index (χ1n) is 10.1. The highest BCUT2D eigenvalue weighted by Crippen LogP contribution is 2.22. The average molecular weight is 383 g/mol. The molecule has 1 fully saturated rings. The first-order chi connectivity index (χ1) is 13.5. The molecule has 0 aromatic carbocycles. The van der Waals surface area contributed by atoms with Gasteiger partial charge in [-0.05, 0) is 50.5 Å². The van der Waals surface area contributed by atoms with Gasteiger partial charge in [0.2, 0.25) is 5.78 Å². The Balaban J connectivity index is 0.00000225. The number of piperazine rings is 1. The van der Waals surface area contributed by atoms with Crippen LogP contribution in [0.25, 0.3) is 6.08 Å². The van der Waals surface area contributed by atoms with Crippen molar-refractivity contribution in [1.29, 1.82) is 0 Å². The van der Waals surface area contributed by atoms with Gasteiger partial charge in [0.15, 0.2) is 0 Å². The second-order valence-electron chi connectivity index (χ2n) is 7.80. The third-order valence-corrected chi connectivity index (χ3v) is 5.06. The van der Waals surface area contributed by atoms with Gasteiger partial charge in [-0.1, -0.05) is 26.0 Å². The van der Waals surface area contributed by atoms with Crippen molar-refractivity contribution in [3.05, 3.63) is 59.1 Å². The zero-order valence-corrected chi connectivity index (χ0v) is 17.3. The number of hydrogen-bond donors (Lipinski definition) is 1. The Morgan fingerprint density at radius 3 is 2.93 bits per heavy atom. The van der Waals surface area contributed by atoms with Crippen LogP contribution in [0.2, 0.25) is 0 Å². The van der Waals surface area contributed by atoms with E-state index in [2.05, 4.69) is 29.0 Å². The Morgan fingerprint density at radius 1 is 1.39 bits per heavy atom. The molecule has 1 N–H and O–H groups in total. The van der Waals surface area contributed by atoms with E-state index in [0.29, 0.717) is 23.2 Å². The number of anilines is 1. The van der Waals surface area contributed by atoms with Crippen LogP contribution < -0.4 is 10.2 Å². The van der Waals surface area contributed by atoms with Crippen molar-refractivity contribution in [3.8, 4) is 0 Å². The summed E-state index contributed by atoms with van der Waals surface area (Å²) < 4.78 is 0. The van der Waals surface area contributed by atoms with E-state index < -0.39 is 0 Å². The van der Waals surface area contributed by atoms with Crippen LogP contribution in [0.3, 0.4) is 0 Å². The number of carbonyl (C=O) groups excluding carboxylic acids is 1. The lowest BCUT2D eigenvalue weighted by Gasteiger charge is -2.35. The molecule has 3 rings (SSSR count). The smallest absolute Gasteiger partial charge is 0.213 e. The number of aromatic nitrogens is 2.